The second-order valence-corrected chi connectivity index (χ2v) is 5.11. The van der Waals surface area contributed by atoms with Crippen molar-refractivity contribution in [2.45, 2.75) is 6.92 Å². The van der Waals surface area contributed by atoms with Crippen LogP contribution < -0.4 is 5.01 Å². The molecule has 0 aliphatic carbocycles. The van der Waals surface area contributed by atoms with Gasteiger partial charge in [0.15, 0.2) is 0 Å². The van der Waals surface area contributed by atoms with Crippen LogP contribution in [0.5, 0.6) is 0 Å². The monoisotopic (exact) mass is 322 g/mol. The number of rotatable bonds is 4. The van der Waals surface area contributed by atoms with E-state index in [1.807, 2.05) is 0 Å². The van der Waals surface area contributed by atoms with Crippen LogP contribution in [0, 0.1) is 0 Å². The van der Waals surface area contributed by atoms with Gasteiger partial charge in [-0.15, -0.1) is 0 Å². The van der Waals surface area contributed by atoms with E-state index in [1.54, 1.807) is 55.7 Å². The van der Waals surface area contributed by atoms with Crippen LogP contribution >= 0.6 is 0 Å². The third kappa shape index (κ3) is 3.03. The number of hydrazone groups is 1. The first kappa shape index (κ1) is 15.5. The Bertz CT molecular complexity index is 876. The normalized spacial score (nSPS) is 16.2. The molecule has 24 heavy (non-hydrogen) atoms. The van der Waals surface area contributed by atoms with Crippen molar-refractivity contribution in [2.24, 2.45) is 5.10 Å². The van der Waals surface area contributed by atoms with Crippen molar-refractivity contribution in [3.8, 4) is 0 Å². The Kier molecular flexibility index (Phi) is 4.11. The highest BCUT2D eigenvalue weighted by molar-refractivity contribution is 6.30. The van der Waals surface area contributed by atoms with Crippen molar-refractivity contribution in [1.29, 1.82) is 0 Å². The molecule has 1 N–H and O–H groups in total. The van der Waals surface area contributed by atoms with Gasteiger partial charge in [0.1, 0.15) is 5.76 Å². The summed E-state index contributed by atoms with van der Waals surface area (Å²) in [5, 5.41) is 14.5. The standard InChI is InChI=1S/C18H14N2O4/c1-12-16(9-3-7-15-8-4-10-24-15)17(21)20(19-12)14-6-2-5-13(11-14)18(22)23/h2-11H,1H3,(H,22,23)/b7-3+,16-9-. The average molecular weight is 322 g/mol. The fourth-order valence-electron chi connectivity index (χ4n) is 2.28. The first-order chi connectivity index (χ1) is 11.6. The number of hydrogen-bond donors (Lipinski definition) is 1. The van der Waals surface area contributed by atoms with Crippen LogP contribution in [0.3, 0.4) is 0 Å². The number of amides is 1. The first-order valence-electron chi connectivity index (χ1n) is 7.21. The van der Waals surface area contributed by atoms with E-state index in [1.165, 1.54) is 17.1 Å². The highest BCUT2D eigenvalue weighted by Crippen LogP contribution is 2.24. The Labute approximate surface area is 138 Å². The number of furan rings is 1. The third-order valence-electron chi connectivity index (χ3n) is 3.47. The summed E-state index contributed by atoms with van der Waals surface area (Å²) in [5.41, 5.74) is 1.52. The van der Waals surface area contributed by atoms with Crippen LogP contribution in [0.1, 0.15) is 23.0 Å². The second kappa shape index (κ2) is 6.37. The molecule has 2 aromatic rings. The quantitative estimate of drug-likeness (QED) is 0.875. The van der Waals surface area contributed by atoms with Crippen molar-refractivity contribution in [2.75, 3.05) is 5.01 Å². The molecule has 0 unspecified atom stereocenters. The molecule has 1 aliphatic rings. The van der Waals surface area contributed by atoms with Crippen molar-refractivity contribution in [1.82, 2.24) is 0 Å². The summed E-state index contributed by atoms with van der Waals surface area (Å²) in [6.07, 6.45) is 6.67. The smallest absolute Gasteiger partial charge is 0.335 e. The molecule has 1 aromatic carbocycles. The predicted octanol–water partition coefficient (Wildman–Crippen LogP) is 3.34. The summed E-state index contributed by atoms with van der Waals surface area (Å²) in [7, 11) is 0. The van der Waals surface area contributed by atoms with Gasteiger partial charge in [0.05, 0.1) is 28.8 Å². The number of carbonyl (C=O) groups excluding carboxylic acids is 1. The van der Waals surface area contributed by atoms with Crippen molar-refractivity contribution >= 4 is 29.4 Å². The summed E-state index contributed by atoms with van der Waals surface area (Å²) < 4.78 is 5.18. The molecule has 0 spiro atoms. The largest absolute Gasteiger partial charge is 0.478 e. The van der Waals surface area contributed by atoms with Crippen molar-refractivity contribution < 1.29 is 19.1 Å². The topological polar surface area (TPSA) is 83.1 Å². The number of carboxylic acid groups (broad SMARTS) is 1. The maximum Gasteiger partial charge on any atom is 0.335 e. The summed E-state index contributed by atoms with van der Waals surface area (Å²) in [6.45, 7) is 1.73. The number of carbonyl (C=O) groups is 2. The van der Waals surface area contributed by atoms with Gasteiger partial charge >= 0.3 is 5.97 Å². The van der Waals surface area contributed by atoms with Gasteiger partial charge in [-0.2, -0.15) is 10.1 Å². The molecule has 6 nitrogen and oxygen atoms in total. The molecule has 1 aromatic heterocycles. The Morgan fingerprint density at radius 3 is 2.83 bits per heavy atom. The van der Waals surface area contributed by atoms with E-state index in [0.717, 1.165) is 0 Å². The molecule has 120 valence electrons. The van der Waals surface area contributed by atoms with E-state index >= 15 is 0 Å². The number of aromatic carboxylic acids is 1. The molecule has 3 rings (SSSR count). The first-order valence-corrected chi connectivity index (χ1v) is 7.21. The van der Waals surface area contributed by atoms with Crippen LogP contribution in [0.2, 0.25) is 0 Å². The Hall–Kier alpha value is -3.41. The Balaban J connectivity index is 1.85. The van der Waals surface area contributed by atoms with E-state index in [4.69, 9.17) is 9.52 Å². The number of carboxylic acids is 1. The van der Waals surface area contributed by atoms with Crippen molar-refractivity contribution in [3.05, 3.63) is 71.7 Å². The summed E-state index contributed by atoms with van der Waals surface area (Å²) in [6, 6.07) is 9.68. The molecule has 1 amide bonds. The maximum atomic E-state index is 12.5. The Morgan fingerprint density at radius 2 is 2.12 bits per heavy atom. The Morgan fingerprint density at radius 1 is 1.29 bits per heavy atom. The molecule has 0 atom stereocenters. The van der Waals surface area contributed by atoms with E-state index in [9.17, 15) is 9.59 Å². The third-order valence-corrected chi connectivity index (χ3v) is 3.47. The van der Waals surface area contributed by atoms with Crippen LogP contribution in [-0.2, 0) is 4.79 Å². The average Bonchev–Trinajstić information content (AvgIpc) is 3.18. The summed E-state index contributed by atoms with van der Waals surface area (Å²) in [5.74, 6) is -0.682. The zero-order chi connectivity index (χ0) is 17.1. The fraction of sp³-hybridized carbons (Fsp3) is 0.0556. The highest BCUT2D eigenvalue weighted by atomic mass is 16.4. The van der Waals surface area contributed by atoms with Crippen LogP contribution in [-0.4, -0.2) is 22.7 Å². The summed E-state index contributed by atoms with van der Waals surface area (Å²) >= 11 is 0. The molecule has 2 heterocycles. The number of hydrogen-bond acceptors (Lipinski definition) is 4. The zero-order valence-electron chi connectivity index (χ0n) is 12.8. The molecule has 0 bridgehead atoms. The van der Waals surface area contributed by atoms with Crippen molar-refractivity contribution in [3.63, 3.8) is 0 Å². The minimum absolute atomic E-state index is 0.100. The lowest BCUT2D eigenvalue weighted by molar-refractivity contribution is -0.114. The predicted molar refractivity (Wildman–Crippen MR) is 89.8 cm³/mol. The number of anilines is 1. The fourth-order valence-corrected chi connectivity index (χ4v) is 2.28. The van der Waals surface area contributed by atoms with Crippen LogP contribution in [0.15, 0.2) is 69.9 Å². The molecular formula is C18H14N2O4. The molecule has 0 saturated carbocycles. The van der Waals surface area contributed by atoms with Crippen LogP contribution in [0.25, 0.3) is 6.08 Å². The minimum Gasteiger partial charge on any atom is -0.478 e. The summed E-state index contributed by atoms with van der Waals surface area (Å²) in [4.78, 5) is 23.6. The molecule has 0 saturated heterocycles. The SMILES string of the molecule is CC1=NN(c2cccc(C(=O)O)c2)C(=O)/C1=C\C=C\c1ccco1. The number of nitrogens with zero attached hydrogens (tertiary/aromatic N) is 2. The van der Waals surface area contributed by atoms with Gasteiger partial charge < -0.3 is 9.52 Å². The second-order valence-electron chi connectivity index (χ2n) is 5.11. The molecule has 0 fully saturated rings. The van der Waals surface area contributed by atoms with Gasteiger partial charge in [-0.05, 0) is 49.4 Å². The van der Waals surface area contributed by atoms with Gasteiger partial charge in [0.25, 0.3) is 5.91 Å². The van der Waals surface area contributed by atoms with E-state index in [0.29, 0.717) is 22.7 Å². The molecule has 6 heteroatoms. The number of allylic oxidation sites excluding steroid dienone is 2. The van der Waals surface area contributed by atoms with E-state index in [2.05, 4.69) is 5.10 Å². The lowest BCUT2D eigenvalue weighted by Crippen LogP contribution is -2.21. The lowest BCUT2D eigenvalue weighted by Gasteiger charge is -2.12. The molecular weight excluding hydrogens is 308 g/mol. The lowest BCUT2D eigenvalue weighted by atomic mass is 10.1. The minimum atomic E-state index is -1.05. The highest BCUT2D eigenvalue weighted by Gasteiger charge is 2.28. The maximum absolute atomic E-state index is 12.5. The molecule has 0 radical (unpaired) electrons. The van der Waals surface area contributed by atoms with E-state index in [-0.39, 0.29) is 11.5 Å². The number of benzene rings is 1. The van der Waals surface area contributed by atoms with Gasteiger partial charge in [-0.25, -0.2) is 4.79 Å². The van der Waals surface area contributed by atoms with Gasteiger partial charge in [0, 0.05) is 0 Å². The molecule has 1 aliphatic heterocycles. The zero-order valence-corrected chi connectivity index (χ0v) is 12.8. The van der Waals surface area contributed by atoms with Gasteiger partial charge in [-0.1, -0.05) is 12.1 Å². The van der Waals surface area contributed by atoms with Crippen LogP contribution in [0.4, 0.5) is 5.69 Å². The van der Waals surface area contributed by atoms with E-state index < -0.39 is 5.97 Å². The van der Waals surface area contributed by atoms with Gasteiger partial charge in [-0.3, -0.25) is 4.79 Å². The van der Waals surface area contributed by atoms with Gasteiger partial charge in [0.2, 0.25) is 0 Å².